The molecule has 0 amide bonds. The molecular formula is C28H21ClFNO3S2. The number of benzene rings is 2. The molecule has 2 aromatic carbocycles. The van der Waals surface area contributed by atoms with Crippen LogP contribution in [0.3, 0.4) is 0 Å². The molecule has 1 aliphatic heterocycles. The average molecular weight is 538 g/mol. The number of rotatable bonds is 8. The molecule has 1 aliphatic rings. The predicted octanol–water partition coefficient (Wildman–Crippen LogP) is 7.90. The highest BCUT2D eigenvalue weighted by Gasteiger charge is 2.26. The van der Waals surface area contributed by atoms with E-state index in [0.717, 1.165) is 26.6 Å². The minimum absolute atomic E-state index is 0.00646. The fourth-order valence-corrected chi connectivity index (χ4v) is 5.99. The Balaban J connectivity index is 1.17. The second-order valence-corrected chi connectivity index (χ2v) is 10.9. The number of allylic oxidation sites excluding steroid dienone is 1. The molecule has 2 aromatic heterocycles. The number of fused-ring (bicyclic) bond motifs is 1. The second kappa shape index (κ2) is 10.5. The quantitative estimate of drug-likeness (QED) is 0.169. The maximum absolute atomic E-state index is 13.1. The normalized spacial score (nSPS) is 14.7. The number of Topliss-reactive ketones (excluding diaryl/α,β-unsaturated/α-hetero) is 1. The zero-order chi connectivity index (χ0) is 25.2. The molecular weight excluding hydrogens is 517 g/mol. The van der Waals surface area contributed by atoms with Crippen LogP contribution >= 0.6 is 34.3 Å². The van der Waals surface area contributed by atoms with Gasteiger partial charge in [-0.05, 0) is 79.6 Å². The van der Waals surface area contributed by atoms with Crippen molar-refractivity contribution in [1.82, 2.24) is 4.98 Å². The Bertz CT molecular complexity index is 1470. The van der Waals surface area contributed by atoms with E-state index in [0.29, 0.717) is 40.6 Å². The summed E-state index contributed by atoms with van der Waals surface area (Å²) < 4.78 is 19.2. The number of thiophene rings is 1. The summed E-state index contributed by atoms with van der Waals surface area (Å²) in [7, 11) is 0. The standard InChI is InChI=1S/C28H21ClFNO3S2/c1-16(32)25-10-11-26(36-25)18-12-19-13-23(34-27(19)24(29)14-18)9-8-22(33)7-6-21-15-35-28(31-21)17-2-4-20(30)5-3-17/h2-7,10-12,14-15,23H,8-9,13H2,1H3/b7-6+. The molecule has 0 aliphatic carbocycles. The van der Waals surface area contributed by atoms with Crippen LogP contribution in [-0.4, -0.2) is 22.7 Å². The lowest BCUT2D eigenvalue weighted by atomic mass is 10.0. The minimum Gasteiger partial charge on any atom is -0.488 e. The fraction of sp³-hybridized carbons (Fsp3) is 0.179. The summed E-state index contributed by atoms with van der Waals surface area (Å²) >= 11 is 9.40. The van der Waals surface area contributed by atoms with Gasteiger partial charge in [0.25, 0.3) is 0 Å². The van der Waals surface area contributed by atoms with Crippen LogP contribution in [0.5, 0.6) is 5.75 Å². The zero-order valence-electron chi connectivity index (χ0n) is 19.3. The van der Waals surface area contributed by atoms with Gasteiger partial charge < -0.3 is 4.74 Å². The number of carbonyl (C=O) groups is 2. The topological polar surface area (TPSA) is 56.3 Å². The first-order valence-electron chi connectivity index (χ1n) is 11.4. The number of ketones is 2. The Kier molecular flexibility index (Phi) is 7.14. The Hall–Kier alpha value is -3.13. The molecule has 8 heteroatoms. The van der Waals surface area contributed by atoms with Crippen molar-refractivity contribution in [3.63, 3.8) is 0 Å². The van der Waals surface area contributed by atoms with Crippen molar-refractivity contribution < 1.29 is 18.7 Å². The first-order chi connectivity index (χ1) is 17.4. The molecule has 5 rings (SSSR count). The number of aromatic nitrogens is 1. The van der Waals surface area contributed by atoms with Crippen LogP contribution in [0.1, 0.15) is 40.7 Å². The molecule has 1 atom stereocenters. The number of carbonyl (C=O) groups excluding carboxylic acids is 2. The van der Waals surface area contributed by atoms with E-state index in [1.807, 2.05) is 23.6 Å². The van der Waals surface area contributed by atoms with Gasteiger partial charge in [0, 0.05) is 34.2 Å². The van der Waals surface area contributed by atoms with Crippen LogP contribution in [-0.2, 0) is 11.2 Å². The van der Waals surface area contributed by atoms with Gasteiger partial charge in [0.05, 0.1) is 15.6 Å². The van der Waals surface area contributed by atoms with Gasteiger partial charge in [0.2, 0.25) is 0 Å². The monoisotopic (exact) mass is 537 g/mol. The first-order valence-corrected chi connectivity index (χ1v) is 13.5. The number of ether oxygens (including phenoxy) is 1. The van der Waals surface area contributed by atoms with Crippen LogP contribution in [0, 0.1) is 5.82 Å². The summed E-state index contributed by atoms with van der Waals surface area (Å²) in [5, 5.41) is 3.18. The third-order valence-corrected chi connectivity index (χ3v) is 8.28. The number of thiazole rings is 1. The molecule has 4 aromatic rings. The number of halogens is 2. The lowest BCUT2D eigenvalue weighted by Gasteiger charge is -2.10. The number of hydrogen-bond acceptors (Lipinski definition) is 6. The summed E-state index contributed by atoms with van der Waals surface area (Å²) in [6.07, 6.45) is 4.73. The Labute approximate surface area is 221 Å². The SMILES string of the molecule is CC(=O)c1ccc(-c2cc(Cl)c3c(c2)CC(CCC(=O)/C=C/c2csc(-c4ccc(F)cc4)n2)O3)s1. The van der Waals surface area contributed by atoms with Gasteiger partial charge >= 0.3 is 0 Å². The van der Waals surface area contributed by atoms with Gasteiger partial charge in [-0.15, -0.1) is 22.7 Å². The number of nitrogens with zero attached hydrogens (tertiary/aromatic N) is 1. The summed E-state index contributed by atoms with van der Waals surface area (Å²) in [5.41, 5.74) is 3.50. The highest BCUT2D eigenvalue weighted by atomic mass is 35.5. The second-order valence-electron chi connectivity index (χ2n) is 8.53. The maximum Gasteiger partial charge on any atom is 0.169 e. The van der Waals surface area contributed by atoms with E-state index in [4.69, 9.17) is 16.3 Å². The van der Waals surface area contributed by atoms with Crippen molar-refractivity contribution in [3.05, 3.63) is 87.0 Å². The van der Waals surface area contributed by atoms with Gasteiger partial charge in [0.1, 0.15) is 22.7 Å². The highest BCUT2D eigenvalue weighted by Crippen LogP contribution is 2.41. The zero-order valence-corrected chi connectivity index (χ0v) is 21.7. The smallest absolute Gasteiger partial charge is 0.169 e. The molecule has 0 saturated carbocycles. The van der Waals surface area contributed by atoms with Crippen molar-refractivity contribution in [2.45, 2.75) is 32.3 Å². The molecule has 0 fully saturated rings. The highest BCUT2D eigenvalue weighted by molar-refractivity contribution is 7.17. The minimum atomic E-state index is -0.288. The largest absolute Gasteiger partial charge is 0.488 e. The molecule has 4 nitrogen and oxygen atoms in total. The van der Waals surface area contributed by atoms with Crippen molar-refractivity contribution in [2.75, 3.05) is 0 Å². The lowest BCUT2D eigenvalue weighted by molar-refractivity contribution is -0.115. The molecule has 0 spiro atoms. The van der Waals surface area contributed by atoms with Crippen LogP contribution in [0.2, 0.25) is 5.02 Å². The fourth-order valence-electron chi connectivity index (χ4n) is 4.03. The predicted molar refractivity (Wildman–Crippen MR) is 144 cm³/mol. The molecule has 0 bridgehead atoms. The van der Waals surface area contributed by atoms with E-state index in [1.54, 1.807) is 31.2 Å². The third-order valence-electron chi connectivity index (χ3n) is 5.86. The molecule has 0 radical (unpaired) electrons. The van der Waals surface area contributed by atoms with Gasteiger partial charge in [-0.1, -0.05) is 11.6 Å². The molecule has 0 N–H and O–H groups in total. The molecule has 36 heavy (non-hydrogen) atoms. The maximum atomic E-state index is 13.1. The third kappa shape index (κ3) is 5.48. The van der Waals surface area contributed by atoms with E-state index in [1.165, 1.54) is 34.8 Å². The van der Waals surface area contributed by atoms with Gasteiger partial charge in [-0.25, -0.2) is 9.37 Å². The number of hydrogen-bond donors (Lipinski definition) is 0. The van der Waals surface area contributed by atoms with E-state index >= 15 is 0 Å². The van der Waals surface area contributed by atoms with Gasteiger partial charge in [0.15, 0.2) is 11.6 Å². The molecule has 182 valence electrons. The Morgan fingerprint density at radius 1 is 1.17 bits per heavy atom. The van der Waals surface area contributed by atoms with E-state index in [-0.39, 0.29) is 23.5 Å². The van der Waals surface area contributed by atoms with Crippen LogP contribution in [0.4, 0.5) is 4.39 Å². The van der Waals surface area contributed by atoms with Crippen molar-refractivity contribution in [1.29, 1.82) is 0 Å². The van der Waals surface area contributed by atoms with Crippen molar-refractivity contribution in [2.24, 2.45) is 0 Å². The van der Waals surface area contributed by atoms with Crippen molar-refractivity contribution >= 4 is 51.9 Å². The van der Waals surface area contributed by atoms with Gasteiger partial charge in [-0.2, -0.15) is 0 Å². The van der Waals surface area contributed by atoms with E-state index in [2.05, 4.69) is 11.1 Å². The Morgan fingerprint density at radius 3 is 2.72 bits per heavy atom. The van der Waals surface area contributed by atoms with Gasteiger partial charge in [-0.3, -0.25) is 9.59 Å². The van der Waals surface area contributed by atoms with E-state index < -0.39 is 0 Å². The summed E-state index contributed by atoms with van der Waals surface area (Å²) in [6.45, 7) is 1.56. The molecule has 3 heterocycles. The van der Waals surface area contributed by atoms with Crippen LogP contribution in [0.15, 0.2) is 60.0 Å². The molecule has 0 saturated heterocycles. The van der Waals surface area contributed by atoms with Crippen LogP contribution < -0.4 is 4.74 Å². The van der Waals surface area contributed by atoms with Crippen LogP contribution in [0.25, 0.3) is 27.1 Å². The van der Waals surface area contributed by atoms with Crippen molar-refractivity contribution in [3.8, 4) is 26.8 Å². The van der Waals surface area contributed by atoms with E-state index in [9.17, 15) is 14.0 Å². The lowest BCUT2D eigenvalue weighted by Crippen LogP contribution is -2.14. The summed E-state index contributed by atoms with van der Waals surface area (Å²) in [6, 6.07) is 13.9. The summed E-state index contributed by atoms with van der Waals surface area (Å²) in [5.74, 6) is 0.424. The Morgan fingerprint density at radius 2 is 1.97 bits per heavy atom. The average Bonchev–Trinajstić information content (AvgIpc) is 3.61. The summed E-state index contributed by atoms with van der Waals surface area (Å²) in [4.78, 5) is 30.3. The first kappa shape index (κ1) is 24.6. The molecule has 1 unspecified atom stereocenters.